The van der Waals surface area contributed by atoms with Crippen molar-refractivity contribution in [2.75, 3.05) is 35.8 Å². The van der Waals surface area contributed by atoms with Gasteiger partial charge in [0.25, 0.3) is 11.8 Å². The van der Waals surface area contributed by atoms with E-state index in [-0.39, 0.29) is 35.4 Å². The van der Waals surface area contributed by atoms with Gasteiger partial charge in [-0.15, -0.1) is 0 Å². The standard InChI is InChI=1S/C27H34F2N6O4/c1-34-20-14-30-26(33-23(20)35(17-7-3-4-8-17)15-27(28,29)25(34)38)32-19-12-11-16(13-22(19)39-2)24(37)31-18-9-5-6-10-21(18)36/h11-14,17-18,21,36H,3-10,15H2,1-2H3,(H,31,37)(H,30,32,33)/t18-,21?/m0/s1. The van der Waals surface area contributed by atoms with Gasteiger partial charge in [-0.1, -0.05) is 25.7 Å². The first-order valence-electron chi connectivity index (χ1n) is 13.4. The van der Waals surface area contributed by atoms with Gasteiger partial charge in [-0.2, -0.15) is 13.8 Å². The fourth-order valence-electron chi connectivity index (χ4n) is 5.69. The Morgan fingerprint density at radius 2 is 1.87 bits per heavy atom. The summed E-state index contributed by atoms with van der Waals surface area (Å²) in [5, 5.41) is 16.2. The molecule has 10 nitrogen and oxygen atoms in total. The van der Waals surface area contributed by atoms with Gasteiger partial charge in [0.15, 0.2) is 5.82 Å². The van der Waals surface area contributed by atoms with Crippen LogP contribution in [0.5, 0.6) is 5.75 Å². The highest BCUT2D eigenvalue weighted by Gasteiger charge is 2.48. The van der Waals surface area contributed by atoms with Crippen molar-refractivity contribution in [3.8, 4) is 5.75 Å². The molecule has 1 aromatic heterocycles. The topological polar surface area (TPSA) is 120 Å². The van der Waals surface area contributed by atoms with Crippen molar-refractivity contribution in [3.05, 3.63) is 30.0 Å². The minimum absolute atomic E-state index is 0.142. The second-order valence-electron chi connectivity index (χ2n) is 10.5. The molecule has 2 aliphatic carbocycles. The molecule has 2 aromatic rings. The molecule has 0 bridgehead atoms. The largest absolute Gasteiger partial charge is 0.495 e. The van der Waals surface area contributed by atoms with Gasteiger partial charge in [-0.05, 0) is 43.9 Å². The maximum Gasteiger partial charge on any atom is 0.342 e. The van der Waals surface area contributed by atoms with E-state index in [1.54, 1.807) is 23.1 Å². The normalized spacial score (nSPS) is 23.3. The molecular formula is C27H34F2N6O4. The summed E-state index contributed by atoms with van der Waals surface area (Å²) in [6.07, 6.45) is 7.45. The van der Waals surface area contributed by atoms with E-state index in [2.05, 4.69) is 20.6 Å². The van der Waals surface area contributed by atoms with Crippen LogP contribution >= 0.6 is 0 Å². The minimum Gasteiger partial charge on any atom is -0.495 e. The van der Waals surface area contributed by atoms with Gasteiger partial charge in [-0.3, -0.25) is 9.59 Å². The lowest BCUT2D eigenvalue weighted by Gasteiger charge is -2.31. The summed E-state index contributed by atoms with van der Waals surface area (Å²) in [7, 11) is 2.78. The van der Waals surface area contributed by atoms with Crippen LogP contribution in [0.2, 0.25) is 0 Å². The minimum atomic E-state index is -3.56. The predicted octanol–water partition coefficient (Wildman–Crippen LogP) is 3.62. The number of aromatic nitrogens is 2. The Morgan fingerprint density at radius 1 is 1.15 bits per heavy atom. The number of ether oxygens (including phenoxy) is 1. The van der Waals surface area contributed by atoms with E-state index >= 15 is 0 Å². The Balaban J connectivity index is 1.40. The number of hydrogen-bond donors (Lipinski definition) is 3. The van der Waals surface area contributed by atoms with Crippen molar-refractivity contribution >= 4 is 35.0 Å². The van der Waals surface area contributed by atoms with Crippen LogP contribution in [0.15, 0.2) is 24.4 Å². The first kappa shape index (κ1) is 27.0. The van der Waals surface area contributed by atoms with Gasteiger partial charge in [0.2, 0.25) is 5.95 Å². The summed E-state index contributed by atoms with van der Waals surface area (Å²) in [6.45, 7) is -0.743. The number of halogens is 2. The number of hydrogen-bond acceptors (Lipinski definition) is 8. The molecule has 39 heavy (non-hydrogen) atoms. The van der Waals surface area contributed by atoms with Crippen molar-refractivity contribution in [2.45, 2.75) is 75.5 Å². The number of carbonyl (C=O) groups excluding carboxylic acids is 2. The Morgan fingerprint density at radius 3 is 2.59 bits per heavy atom. The van der Waals surface area contributed by atoms with Crippen LogP contribution in [-0.4, -0.2) is 71.7 Å². The molecule has 5 rings (SSSR count). The Hall–Kier alpha value is -3.54. The molecule has 2 atom stereocenters. The lowest BCUT2D eigenvalue weighted by Crippen LogP contribution is -2.48. The van der Waals surface area contributed by atoms with Crippen LogP contribution in [0.4, 0.5) is 31.9 Å². The van der Waals surface area contributed by atoms with E-state index in [0.717, 1.165) is 49.8 Å². The van der Waals surface area contributed by atoms with Crippen molar-refractivity contribution in [1.82, 2.24) is 15.3 Å². The monoisotopic (exact) mass is 544 g/mol. The highest BCUT2D eigenvalue weighted by atomic mass is 19.3. The van der Waals surface area contributed by atoms with Crippen molar-refractivity contribution in [3.63, 3.8) is 0 Å². The number of amides is 2. The summed E-state index contributed by atoms with van der Waals surface area (Å²) >= 11 is 0. The fourth-order valence-corrected chi connectivity index (χ4v) is 5.69. The molecule has 2 heterocycles. The number of nitrogens with one attached hydrogen (secondary N) is 2. The number of aliphatic hydroxyl groups is 1. The van der Waals surface area contributed by atoms with Gasteiger partial charge in [0, 0.05) is 18.7 Å². The molecule has 0 saturated heterocycles. The molecule has 3 aliphatic rings. The van der Waals surface area contributed by atoms with E-state index in [4.69, 9.17) is 4.74 Å². The average Bonchev–Trinajstić information content (AvgIpc) is 3.45. The van der Waals surface area contributed by atoms with Crippen molar-refractivity contribution in [2.24, 2.45) is 0 Å². The molecule has 0 radical (unpaired) electrons. The molecule has 2 fully saturated rings. The second kappa shape index (κ2) is 10.9. The number of benzene rings is 1. The predicted molar refractivity (Wildman–Crippen MR) is 142 cm³/mol. The van der Waals surface area contributed by atoms with Crippen LogP contribution in [0.25, 0.3) is 0 Å². The van der Waals surface area contributed by atoms with Crippen LogP contribution in [0.3, 0.4) is 0 Å². The molecule has 210 valence electrons. The Labute approximate surface area is 225 Å². The summed E-state index contributed by atoms with van der Waals surface area (Å²) in [5.74, 6) is -4.38. The van der Waals surface area contributed by atoms with Crippen LogP contribution in [-0.2, 0) is 4.79 Å². The molecule has 3 N–H and O–H groups in total. The maximum atomic E-state index is 14.8. The first-order valence-corrected chi connectivity index (χ1v) is 13.4. The molecular weight excluding hydrogens is 510 g/mol. The number of anilines is 4. The van der Waals surface area contributed by atoms with Gasteiger partial charge in [0.1, 0.15) is 11.4 Å². The van der Waals surface area contributed by atoms with Gasteiger partial charge >= 0.3 is 5.92 Å². The van der Waals surface area contributed by atoms with E-state index in [9.17, 15) is 23.5 Å². The second-order valence-corrected chi connectivity index (χ2v) is 10.5. The van der Waals surface area contributed by atoms with E-state index in [1.165, 1.54) is 20.4 Å². The molecule has 0 spiro atoms. The van der Waals surface area contributed by atoms with Gasteiger partial charge < -0.3 is 30.3 Å². The van der Waals surface area contributed by atoms with E-state index in [1.807, 2.05) is 0 Å². The number of alkyl halides is 2. The highest BCUT2D eigenvalue weighted by molar-refractivity contribution is 6.02. The fraction of sp³-hybridized carbons (Fsp3) is 0.556. The van der Waals surface area contributed by atoms with E-state index in [0.29, 0.717) is 23.4 Å². The van der Waals surface area contributed by atoms with Crippen LogP contribution in [0.1, 0.15) is 61.7 Å². The molecule has 12 heteroatoms. The molecule has 1 aliphatic heterocycles. The maximum absolute atomic E-state index is 14.8. The lowest BCUT2D eigenvalue weighted by molar-refractivity contribution is -0.140. The third-order valence-corrected chi connectivity index (χ3v) is 7.89. The summed E-state index contributed by atoms with van der Waals surface area (Å²) in [6, 6.07) is 4.42. The van der Waals surface area contributed by atoms with Crippen LogP contribution < -0.4 is 25.2 Å². The van der Waals surface area contributed by atoms with Crippen molar-refractivity contribution in [1.29, 1.82) is 0 Å². The van der Waals surface area contributed by atoms with Gasteiger partial charge in [-0.25, -0.2) is 4.98 Å². The third-order valence-electron chi connectivity index (χ3n) is 7.89. The molecule has 1 unspecified atom stereocenters. The number of carbonyl (C=O) groups is 2. The number of rotatable bonds is 6. The number of fused-ring (bicyclic) bond motifs is 1. The highest BCUT2D eigenvalue weighted by Crippen LogP contribution is 2.40. The summed E-state index contributed by atoms with van der Waals surface area (Å²) < 4.78 is 35.2. The number of methoxy groups -OCH3 is 1. The quantitative estimate of drug-likeness (QED) is 0.505. The number of aliphatic hydroxyl groups excluding tert-OH is 1. The number of nitrogens with zero attached hydrogens (tertiary/aromatic N) is 4. The van der Waals surface area contributed by atoms with Gasteiger partial charge in [0.05, 0.1) is 37.7 Å². The third kappa shape index (κ3) is 5.47. The Kier molecular flexibility index (Phi) is 7.57. The van der Waals surface area contributed by atoms with Crippen molar-refractivity contribution < 1.29 is 28.2 Å². The average molecular weight is 545 g/mol. The smallest absolute Gasteiger partial charge is 0.342 e. The molecule has 2 amide bonds. The Bertz CT molecular complexity index is 1240. The SMILES string of the molecule is COc1cc(C(=O)N[C@H]2CCCCC2O)ccc1Nc1ncc2c(n1)N(C1CCCC1)CC(F)(F)C(=O)N2C. The molecule has 1 aromatic carbocycles. The van der Waals surface area contributed by atoms with E-state index < -0.39 is 24.5 Å². The lowest BCUT2D eigenvalue weighted by atomic mass is 9.92. The zero-order valence-corrected chi connectivity index (χ0v) is 22.1. The summed E-state index contributed by atoms with van der Waals surface area (Å²) in [5.41, 5.74) is 1.06. The van der Waals surface area contributed by atoms with Crippen LogP contribution in [0, 0.1) is 0 Å². The zero-order chi connectivity index (χ0) is 27.7. The summed E-state index contributed by atoms with van der Waals surface area (Å²) in [4.78, 5) is 36.7. The molecule has 2 saturated carbocycles. The first-order chi connectivity index (χ1) is 18.7. The zero-order valence-electron chi connectivity index (χ0n) is 22.1.